The minimum atomic E-state index is -0.977. The Kier molecular flexibility index (Phi) is 11.2. The lowest BCUT2D eigenvalue weighted by Crippen LogP contribution is -2.26. The fourth-order valence-corrected chi connectivity index (χ4v) is 14.7. The highest BCUT2D eigenvalue weighted by Crippen LogP contribution is 2.66. The van der Waals surface area contributed by atoms with Crippen molar-refractivity contribution in [2.75, 3.05) is 9.80 Å². The first kappa shape index (κ1) is 50.4. The third-order valence-electron chi connectivity index (χ3n) is 18.1. The van der Waals surface area contributed by atoms with Gasteiger partial charge in [-0.3, -0.25) is 0 Å². The monoisotopic (exact) mass is 1110 g/mol. The van der Waals surface area contributed by atoms with Gasteiger partial charge in [0.15, 0.2) is 0 Å². The van der Waals surface area contributed by atoms with Crippen LogP contribution in [0.4, 0.5) is 51.7 Å². The number of allylic oxidation sites excluding steroid dienone is 2. The smallest absolute Gasteiger partial charge is 0.147 e. The van der Waals surface area contributed by atoms with Gasteiger partial charge >= 0.3 is 0 Å². The third-order valence-corrected chi connectivity index (χ3v) is 18.1. The molecule has 8 heteroatoms. The number of hydrogen-bond donors (Lipinski definition) is 0. The predicted octanol–water partition coefficient (Wildman–Crippen LogP) is 19.8. The molecular formula is C78H44F4N4. The van der Waals surface area contributed by atoms with Crippen molar-refractivity contribution in [1.82, 2.24) is 0 Å². The van der Waals surface area contributed by atoms with Crippen LogP contribution in [-0.2, 0) is 10.8 Å². The fourth-order valence-electron chi connectivity index (χ4n) is 14.7. The molecule has 2 spiro atoms. The summed E-state index contributed by atoms with van der Waals surface area (Å²) in [7, 11) is 0. The number of fused-ring (bicyclic) bond motifs is 20. The SMILES string of the molecule is N#C/C(=C(/C#N)c1ccc2c(c1)C1(c3ccccc3-c3ccccc31)c1cc(N(c3ccccc3F)c3ccccc3F)ccc1-2)c1ccc2c(c1)C1(c3ccccc3-c3ccccc31)c1cc(N(c3ccccc3F)c3ccccc3F)ccc1-2. The van der Waals surface area contributed by atoms with Gasteiger partial charge in [0.2, 0.25) is 0 Å². The van der Waals surface area contributed by atoms with Crippen LogP contribution in [0.5, 0.6) is 0 Å². The second-order valence-electron chi connectivity index (χ2n) is 22.1. The molecule has 0 bridgehead atoms. The molecule has 0 saturated carbocycles. The van der Waals surface area contributed by atoms with E-state index in [0.29, 0.717) is 22.5 Å². The minimum Gasteiger partial charge on any atom is -0.305 e. The van der Waals surface area contributed by atoms with E-state index in [2.05, 4.69) is 72.8 Å². The number of para-hydroxylation sites is 4. The summed E-state index contributed by atoms with van der Waals surface area (Å²) < 4.78 is 64.6. The van der Waals surface area contributed by atoms with Crippen LogP contribution in [-0.4, -0.2) is 0 Å². The van der Waals surface area contributed by atoms with Crippen molar-refractivity contribution in [3.05, 3.63) is 346 Å². The maximum absolute atomic E-state index is 16.1. The van der Waals surface area contributed by atoms with Crippen LogP contribution in [0, 0.1) is 45.9 Å². The van der Waals surface area contributed by atoms with E-state index in [1.807, 2.05) is 109 Å². The molecule has 0 aromatic heterocycles. The van der Waals surface area contributed by atoms with Crippen molar-refractivity contribution >= 4 is 45.3 Å². The van der Waals surface area contributed by atoms with Gasteiger partial charge in [-0.05, 0) is 185 Å². The molecule has 0 N–H and O–H groups in total. The molecule has 0 radical (unpaired) electrons. The summed E-state index contributed by atoms with van der Waals surface area (Å²) in [5.74, 6) is -2.06. The molecule has 0 heterocycles. The predicted molar refractivity (Wildman–Crippen MR) is 333 cm³/mol. The summed E-state index contributed by atoms with van der Waals surface area (Å²) >= 11 is 0. The Bertz CT molecular complexity index is 4530. The van der Waals surface area contributed by atoms with E-state index in [4.69, 9.17) is 0 Å². The molecule has 0 aliphatic heterocycles. The Morgan fingerprint density at radius 1 is 0.267 bits per heavy atom. The van der Waals surface area contributed by atoms with Crippen LogP contribution >= 0.6 is 0 Å². The minimum absolute atomic E-state index is 0.177. The summed E-state index contributed by atoms with van der Waals surface area (Å²) in [4.78, 5) is 3.26. The lowest BCUT2D eigenvalue weighted by molar-refractivity contribution is 0.619. The summed E-state index contributed by atoms with van der Waals surface area (Å²) in [6, 6.07) is 87.7. The summed E-state index contributed by atoms with van der Waals surface area (Å²) in [5, 5.41) is 23.2. The highest BCUT2D eigenvalue weighted by Gasteiger charge is 2.54. The highest BCUT2D eigenvalue weighted by molar-refractivity contribution is 6.06. The number of nitriles is 2. The van der Waals surface area contributed by atoms with Gasteiger partial charge in [0, 0.05) is 11.4 Å². The average molecular weight is 1110 g/mol. The Labute approximate surface area is 494 Å². The second-order valence-corrected chi connectivity index (χ2v) is 22.1. The van der Waals surface area contributed by atoms with Gasteiger partial charge in [-0.1, -0.05) is 182 Å². The standard InChI is InChI=1S/C78H44F4N4/c79-69-25-9-13-29-73(69)85(74-30-14-10-26-70(74)80)49-35-39-57-55-37-33-47(41-65(55)77(67(57)43-49)61-21-5-1-17-51(61)52-18-2-6-22-62(52)77)59(45-83)60(46-84)48-34-38-56-58-40-36-50(86(75-31-15-11-27-71(75)81)76-32-16-12-28-72(76)82)44-68(58)78(66(56)42-48)63-23-7-3-19-53(63)54-20-4-8-24-64(54)78/h1-44H/b60-59+. The molecule has 86 heavy (non-hydrogen) atoms. The van der Waals surface area contributed by atoms with Gasteiger partial charge < -0.3 is 9.80 Å². The maximum Gasteiger partial charge on any atom is 0.147 e. The Hall–Kier alpha value is -11.3. The number of nitrogens with zero attached hydrogens (tertiary/aromatic N) is 4. The van der Waals surface area contributed by atoms with Gasteiger partial charge in [0.25, 0.3) is 0 Å². The number of halogens is 4. The van der Waals surface area contributed by atoms with E-state index in [1.165, 1.54) is 24.3 Å². The van der Waals surface area contributed by atoms with E-state index >= 15 is 17.6 Å². The molecule has 4 aliphatic carbocycles. The Balaban J connectivity index is 0.900. The molecule has 0 amide bonds. The molecule has 0 fully saturated rings. The van der Waals surface area contributed by atoms with Gasteiger partial charge in [0.05, 0.1) is 44.7 Å². The molecule has 0 saturated heterocycles. The number of benzene rings is 12. The second kappa shape index (κ2) is 19.1. The Morgan fingerprint density at radius 2 is 0.512 bits per heavy atom. The molecule has 16 rings (SSSR count). The Morgan fingerprint density at radius 3 is 0.802 bits per heavy atom. The molecule has 4 aliphatic rings. The van der Waals surface area contributed by atoms with Crippen LogP contribution < -0.4 is 9.80 Å². The van der Waals surface area contributed by atoms with Crippen molar-refractivity contribution in [3.63, 3.8) is 0 Å². The van der Waals surface area contributed by atoms with Crippen molar-refractivity contribution in [2.24, 2.45) is 0 Å². The molecular weight excluding hydrogens is 1070 g/mol. The molecule has 0 atom stereocenters. The van der Waals surface area contributed by atoms with Gasteiger partial charge in [-0.15, -0.1) is 0 Å². The van der Waals surface area contributed by atoms with Crippen molar-refractivity contribution in [3.8, 4) is 56.6 Å². The number of rotatable bonds is 8. The van der Waals surface area contributed by atoms with Crippen molar-refractivity contribution < 1.29 is 17.6 Å². The zero-order valence-corrected chi connectivity index (χ0v) is 45.7. The topological polar surface area (TPSA) is 54.1 Å². The number of hydrogen-bond acceptors (Lipinski definition) is 4. The molecule has 0 unspecified atom stereocenters. The molecule has 4 nitrogen and oxygen atoms in total. The first-order valence-electron chi connectivity index (χ1n) is 28.4. The lowest BCUT2D eigenvalue weighted by atomic mass is 9.70. The zero-order valence-electron chi connectivity index (χ0n) is 45.7. The highest BCUT2D eigenvalue weighted by atomic mass is 19.1. The number of anilines is 6. The van der Waals surface area contributed by atoms with Crippen LogP contribution in [0.1, 0.15) is 55.6 Å². The fraction of sp³-hybridized carbons (Fsp3) is 0.0256. The van der Waals surface area contributed by atoms with Gasteiger partial charge in [-0.25, -0.2) is 17.6 Å². The van der Waals surface area contributed by atoms with Crippen LogP contribution in [0.25, 0.3) is 55.7 Å². The van der Waals surface area contributed by atoms with E-state index < -0.39 is 34.1 Å². The first-order valence-corrected chi connectivity index (χ1v) is 28.4. The van der Waals surface area contributed by atoms with Crippen LogP contribution in [0.15, 0.2) is 267 Å². The average Bonchev–Trinajstić information content (AvgIpc) is 1.53. The first-order chi connectivity index (χ1) is 42.2. The van der Waals surface area contributed by atoms with E-state index in [9.17, 15) is 10.5 Å². The molecule has 12 aromatic carbocycles. The maximum atomic E-state index is 16.1. The summed E-state index contributed by atoms with van der Waals surface area (Å²) in [6.45, 7) is 0. The van der Waals surface area contributed by atoms with E-state index in [-0.39, 0.29) is 33.9 Å². The quantitative estimate of drug-likeness (QED) is 0.0864. The zero-order chi connectivity index (χ0) is 58.0. The third kappa shape index (κ3) is 6.90. The van der Waals surface area contributed by atoms with E-state index in [1.54, 1.807) is 82.6 Å². The van der Waals surface area contributed by atoms with Crippen LogP contribution in [0.3, 0.4) is 0 Å². The van der Waals surface area contributed by atoms with Crippen LogP contribution in [0.2, 0.25) is 0 Å². The van der Waals surface area contributed by atoms with Gasteiger partial charge in [0.1, 0.15) is 35.4 Å². The van der Waals surface area contributed by atoms with Crippen molar-refractivity contribution in [2.45, 2.75) is 10.8 Å². The molecule has 404 valence electrons. The largest absolute Gasteiger partial charge is 0.305 e. The lowest BCUT2D eigenvalue weighted by Gasteiger charge is -2.32. The van der Waals surface area contributed by atoms with Gasteiger partial charge in [-0.2, -0.15) is 10.5 Å². The summed E-state index contributed by atoms with van der Waals surface area (Å²) in [5.41, 5.74) is 16.7. The molecule has 12 aromatic rings. The summed E-state index contributed by atoms with van der Waals surface area (Å²) in [6.07, 6.45) is 0. The van der Waals surface area contributed by atoms with E-state index in [0.717, 1.165) is 89.0 Å². The van der Waals surface area contributed by atoms with Crippen molar-refractivity contribution in [1.29, 1.82) is 10.5 Å². The normalized spacial score (nSPS) is 13.7.